The van der Waals surface area contributed by atoms with Crippen molar-refractivity contribution >= 4 is 38.9 Å². The number of anilines is 1. The molecular formula is C13H16BrClN2O2. The van der Waals surface area contributed by atoms with Crippen LogP contribution in [0, 0.1) is 22.0 Å². The molecule has 1 aromatic carbocycles. The Balaban J connectivity index is 2.37. The summed E-state index contributed by atoms with van der Waals surface area (Å²) in [7, 11) is 0. The summed E-state index contributed by atoms with van der Waals surface area (Å²) < 4.78 is 0.688. The van der Waals surface area contributed by atoms with Gasteiger partial charge in [0.05, 0.1) is 15.6 Å². The van der Waals surface area contributed by atoms with Crippen LogP contribution >= 0.6 is 27.5 Å². The molecule has 0 aliphatic carbocycles. The second kappa shape index (κ2) is 5.67. The van der Waals surface area contributed by atoms with E-state index in [1.807, 2.05) is 0 Å². The van der Waals surface area contributed by atoms with Gasteiger partial charge in [0.2, 0.25) is 0 Å². The van der Waals surface area contributed by atoms with Crippen LogP contribution in [0.3, 0.4) is 0 Å². The highest BCUT2D eigenvalue weighted by molar-refractivity contribution is 9.10. The lowest BCUT2D eigenvalue weighted by Crippen LogP contribution is -2.39. The summed E-state index contributed by atoms with van der Waals surface area (Å²) >= 11 is 9.64. The molecule has 0 aromatic heterocycles. The highest BCUT2D eigenvalue weighted by atomic mass is 79.9. The molecule has 1 aliphatic heterocycles. The quantitative estimate of drug-likeness (QED) is 0.585. The third-order valence-electron chi connectivity index (χ3n) is 3.40. The summed E-state index contributed by atoms with van der Waals surface area (Å²) in [6.45, 7) is 6.30. The average Bonchev–Trinajstić information content (AvgIpc) is 2.26. The molecule has 1 aromatic rings. The van der Waals surface area contributed by atoms with Crippen LogP contribution < -0.4 is 4.90 Å². The largest absolute Gasteiger partial charge is 0.369 e. The minimum absolute atomic E-state index is 0.0127. The van der Waals surface area contributed by atoms with Crippen LogP contribution in [0.4, 0.5) is 11.4 Å². The van der Waals surface area contributed by atoms with Crippen molar-refractivity contribution in [1.29, 1.82) is 0 Å². The van der Waals surface area contributed by atoms with Gasteiger partial charge in [-0.15, -0.1) is 0 Å². The van der Waals surface area contributed by atoms with Gasteiger partial charge in [0.15, 0.2) is 0 Å². The van der Waals surface area contributed by atoms with Crippen molar-refractivity contribution in [3.05, 3.63) is 31.7 Å². The van der Waals surface area contributed by atoms with E-state index in [4.69, 9.17) is 11.6 Å². The molecule has 0 radical (unpaired) electrons. The first-order chi connectivity index (χ1) is 8.88. The maximum absolute atomic E-state index is 10.8. The second-order valence-electron chi connectivity index (χ2n) is 5.37. The Hall–Kier alpha value is -0.810. The first-order valence-corrected chi connectivity index (χ1v) is 7.44. The van der Waals surface area contributed by atoms with Crippen molar-refractivity contribution in [2.45, 2.75) is 20.3 Å². The molecule has 1 fully saturated rings. The minimum atomic E-state index is -0.429. The van der Waals surface area contributed by atoms with Gasteiger partial charge in [0.25, 0.3) is 5.69 Å². The number of rotatable bonds is 2. The molecule has 19 heavy (non-hydrogen) atoms. The smallest absolute Gasteiger partial charge is 0.272 e. The fourth-order valence-corrected chi connectivity index (χ4v) is 3.95. The Morgan fingerprint density at radius 3 is 2.42 bits per heavy atom. The lowest BCUT2D eigenvalue weighted by Gasteiger charge is -2.37. The number of nitrogens with zero attached hydrogens (tertiary/aromatic N) is 2. The van der Waals surface area contributed by atoms with Crippen LogP contribution in [0.25, 0.3) is 0 Å². The Bertz CT molecular complexity index is 476. The van der Waals surface area contributed by atoms with E-state index in [9.17, 15) is 10.1 Å². The molecule has 2 rings (SSSR count). The third kappa shape index (κ3) is 3.20. The monoisotopic (exact) mass is 346 g/mol. The molecule has 0 bridgehead atoms. The molecule has 1 saturated heterocycles. The van der Waals surface area contributed by atoms with Gasteiger partial charge >= 0.3 is 0 Å². The van der Waals surface area contributed by atoms with Crippen molar-refractivity contribution < 1.29 is 4.92 Å². The van der Waals surface area contributed by atoms with Gasteiger partial charge in [-0.2, -0.15) is 0 Å². The van der Waals surface area contributed by atoms with Crippen molar-refractivity contribution in [3.63, 3.8) is 0 Å². The van der Waals surface area contributed by atoms with Crippen LogP contribution in [-0.4, -0.2) is 18.0 Å². The predicted octanol–water partition coefficient (Wildman–Crippen LogP) is 4.49. The zero-order valence-electron chi connectivity index (χ0n) is 10.9. The van der Waals surface area contributed by atoms with E-state index in [-0.39, 0.29) is 5.69 Å². The number of non-ortho nitro benzene ring substituents is 1. The molecule has 1 aliphatic rings. The fourth-order valence-electron chi connectivity index (χ4n) is 2.81. The van der Waals surface area contributed by atoms with E-state index in [0.717, 1.165) is 18.8 Å². The highest BCUT2D eigenvalue weighted by Crippen LogP contribution is 2.39. The molecular weight excluding hydrogens is 332 g/mol. The van der Waals surface area contributed by atoms with Crippen LogP contribution in [0.2, 0.25) is 5.02 Å². The number of hydrogen-bond acceptors (Lipinski definition) is 3. The van der Waals surface area contributed by atoms with Crippen LogP contribution in [0.1, 0.15) is 20.3 Å². The molecule has 0 unspecified atom stereocenters. The summed E-state index contributed by atoms with van der Waals surface area (Å²) in [4.78, 5) is 12.6. The number of nitro benzene ring substituents is 1. The average molecular weight is 348 g/mol. The molecule has 104 valence electrons. The lowest BCUT2D eigenvalue weighted by atomic mass is 9.91. The van der Waals surface area contributed by atoms with Gasteiger partial charge in [-0.25, -0.2) is 0 Å². The Morgan fingerprint density at radius 2 is 1.95 bits per heavy atom. The Labute approximate surface area is 126 Å². The minimum Gasteiger partial charge on any atom is -0.369 e. The van der Waals surface area contributed by atoms with Crippen molar-refractivity contribution in [3.8, 4) is 0 Å². The van der Waals surface area contributed by atoms with Gasteiger partial charge in [0, 0.05) is 29.7 Å². The van der Waals surface area contributed by atoms with Crippen LogP contribution in [0.15, 0.2) is 16.6 Å². The molecule has 0 N–H and O–H groups in total. The van der Waals surface area contributed by atoms with E-state index in [1.165, 1.54) is 18.6 Å². The summed E-state index contributed by atoms with van der Waals surface area (Å²) in [6, 6.07) is 2.94. The molecule has 4 nitrogen and oxygen atoms in total. The zero-order chi connectivity index (χ0) is 14.2. The summed E-state index contributed by atoms with van der Waals surface area (Å²) in [5.74, 6) is 1.20. The number of hydrogen-bond donors (Lipinski definition) is 0. The van der Waals surface area contributed by atoms with Crippen LogP contribution in [0.5, 0.6) is 0 Å². The van der Waals surface area contributed by atoms with Gasteiger partial charge < -0.3 is 4.90 Å². The first-order valence-electron chi connectivity index (χ1n) is 6.27. The number of piperidine rings is 1. The summed E-state index contributed by atoms with van der Waals surface area (Å²) in [5, 5.41) is 11.2. The van der Waals surface area contributed by atoms with E-state index in [2.05, 4.69) is 34.7 Å². The maximum Gasteiger partial charge on any atom is 0.272 e. The van der Waals surface area contributed by atoms with E-state index in [1.54, 1.807) is 0 Å². The number of benzene rings is 1. The number of halogens is 2. The first kappa shape index (κ1) is 14.6. The maximum atomic E-state index is 10.8. The SMILES string of the molecule is C[C@@H]1C[C@H](C)CN(c2c(Cl)cc([N+](=O)[O-])cc2Br)C1. The highest BCUT2D eigenvalue weighted by Gasteiger charge is 2.26. The fraction of sp³-hybridized carbons (Fsp3) is 0.538. The number of nitro groups is 1. The molecule has 0 saturated carbocycles. The van der Waals surface area contributed by atoms with E-state index in [0.29, 0.717) is 21.3 Å². The normalized spacial score (nSPS) is 23.5. The van der Waals surface area contributed by atoms with Crippen molar-refractivity contribution in [1.82, 2.24) is 0 Å². The molecule has 0 spiro atoms. The topological polar surface area (TPSA) is 46.4 Å². The van der Waals surface area contributed by atoms with Crippen molar-refractivity contribution in [2.24, 2.45) is 11.8 Å². The molecule has 1 heterocycles. The Kier molecular flexibility index (Phi) is 4.36. The summed E-state index contributed by atoms with van der Waals surface area (Å²) in [5.41, 5.74) is 0.879. The van der Waals surface area contributed by atoms with Gasteiger partial charge in [-0.3, -0.25) is 10.1 Å². The van der Waals surface area contributed by atoms with E-state index >= 15 is 0 Å². The van der Waals surface area contributed by atoms with Gasteiger partial charge in [-0.1, -0.05) is 25.4 Å². The predicted molar refractivity (Wildman–Crippen MR) is 81.0 cm³/mol. The molecule has 0 amide bonds. The summed E-state index contributed by atoms with van der Waals surface area (Å²) in [6.07, 6.45) is 1.21. The third-order valence-corrected chi connectivity index (χ3v) is 4.29. The Morgan fingerprint density at radius 1 is 1.37 bits per heavy atom. The van der Waals surface area contributed by atoms with Crippen molar-refractivity contribution in [2.75, 3.05) is 18.0 Å². The molecule has 6 heteroatoms. The van der Waals surface area contributed by atoms with Gasteiger partial charge in [-0.05, 0) is 34.2 Å². The lowest BCUT2D eigenvalue weighted by molar-refractivity contribution is -0.384. The van der Waals surface area contributed by atoms with Gasteiger partial charge in [0.1, 0.15) is 0 Å². The van der Waals surface area contributed by atoms with E-state index < -0.39 is 4.92 Å². The zero-order valence-corrected chi connectivity index (χ0v) is 13.2. The standard InChI is InChI=1S/C13H16BrClN2O2/c1-8-3-9(2)7-16(6-8)13-11(14)4-10(17(18)19)5-12(13)15/h4-5,8-9H,3,6-7H2,1-2H3/t8-,9+. The van der Waals surface area contributed by atoms with Crippen LogP contribution in [-0.2, 0) is 0 Å². The second-order valence-corrected chi connectivity index (χ2v) is 6.63. The molecule has 2 atom stereocenters.